The van der Waals surface area contributed by atoms with Gasteiger partial charge in [-0.3, -0.25) is 14.3 Å². The molecule has 1 aliphatic rings. The zero-order chi connectivity index (χ0) is 33.7. The van der Waals surface area contributed by atoms with Crippen LogP contribution in [-0.2, 0) is 18.0 Å². The Morgan fingerprint density at radius 1 is 1.17 bits per heavy atom. The average molecular weight is 649 g/mol. The van der Waals surface area contributed by atoms with Crippen LogP contribution < -0.4 is 20.9 Å². The van der Waals surface area contributed by atoms with E-state index in [1.807, 2.05) is 0 Å². The summed E-state index contributed by atoms with van der Waals surface area (Å²) in [5, 5.41) is 36.8. The number of anilines is 2. The summed E-state index contributed by atoms with van der Waals surface area (Å²) in [6, 6.07) is 12.5. The molecule has 0 radical (unpaired) electrons. The molecule has 0 spiro atoms. The first-order valence-electron chi connectivity index (χ1n) is 14.0. The Morgan fingerprint density at radius 2 is 1.91 bits per heavy atom. The number of nitrogens with zero attached hydrogens (tertiary/aromatic N) is 5. The SMILES string of the molecule is Cn1ncnc1[C@H]1c2n[nH]c(=O)c3cc(F)cc(c23)N[C@@H]1c1ccc(OC[C@](C)(O)C(=O)Nc2ccc(C#N)c(C(F)(F)F)c2)cc1. The molecule has 0 saturated carbocycles. The van der Waals surface area contributed by atoms with Gasteiger partial charge in [-0.15, -0.1) is 0 Å². The molecule has 0 bridgehead atoms. The van der Waals surface area contributed by atoms with Crippen molar-refractivity contribution in [3.63, 3.8) is 0 Å². The number of nitriles is 1. The number of H-pyrrole nitrogens is 1. The van der Waals surface area contributed by atoms with Crippen molar-refractivity contribution in [1.82, 2.24) is 25.0 Å². The molecule has 3 aromatic carbocycles. The van der Waals surface area contributed by atoms with E-state index < -0.39 is 58.8 Å². The van der Waals surface area contributed by atoms with Gasteiger partial charge in [0.05, 0.1) is 40.2 Å². The monoisotopic (exact) mass is 648 g/mol. The van der Waals surface area contributed by atoms with Gasteiger partial charge in [-0.2, -0.15) is 28.6 Å². The predicted molar refractivity (Wildman–Crippen MR) is 159 cm³/mol. The molecule has 3 heterocycles. The van der Waals surface area contributed by atoms with Crippen molar-refractivity contribution in [2.45, 2.75) is 30.7 Å². The van der Waals surface area contributed by atoms with Crippen LogP contribution in [0.3, 0.4) is 0 Å². The predicted octanol–water partition coefficient (Wildman–Crippen LogP) is 4.15. The highest BCUT2D eigenvalue weighted by Crippen LogP contribution is 2.46. The molecule has 6 rings (SSSR count). The highest BCUT2D eigenvalue weighted by Gasteiger charge is 2.38. The minimum atomic E-state index is -4.83. The highest BCUT2D eigenvalue weighted by molar-refractivity contribution is 5.98. The van der Waals surface area contributed by atoms with Gasteiger partial charge in [-0.05, 0) is 55.0 Å². The lowest BCUT2D eigenvalue weighted by Crippen LogP contribution is -2.45. The number of carbonyl (C=O) groups excluding carboxylic acids is 1. The molecule has 240 valence electrons. The first-order valence-corrected chi connectivity index (χ1v) is 14.0. The van der Waals surface area contributed by atoms with Crippen LogP contribution in [0, 0.1) is 17.1 Å². The van der Waals surface area contributed by atoms with E-state index >= 15 is 0 Å². The van der Waals surface area contributed by atoms with Crippen LogP contribution in [0.1, 0.15) is 47.1 Å². The van der Waals surface area contributed by atoms with E-state index in [9.17, 15) is 32.3 Å². The molecule has 47 heavy (non-hydrogen) atoms. The summed E-state index contributed by atoms with van der Waals surface area (Å²) in [5.74, 6) is -1.45. The third-order valence-electron chi connectivity index (χ3n) is 7.80. The summed E-state index contributed by atoms with van der Waals surface area (Å²) in [6.45, 7) is 0.576. The third-order valence-corrected chi connectivity index (χ3v) is 7.80. The lowest BCUT2D eigenvalue weighted by molar-refractivity contribution is -0.138. The van der Waals surface area contributed by atoms with Gasteiger partial charge >= 0.3 is 6.18 Å². The van der Waals surface area contributed by atoms with Crippen molar-refractivity contribution >= 4 is 28.1 Å². The number of ether oxygens (including phenoxy) is 1. The Kier molecular flexibility index (Phi) is 7.64. The lowest BCUT2D eigenvalue weighted by atomic mass is 9.83. The molecule has 5 aromatic rings. The Hall–Kier alpha value is -5.82. The molecule has 1 amide bonds. The number of halogens is 4. The van der Waals surface area contributed by atoms with Crippen LogP contribution in [0.2, 0.25) is 0 Å². The van der Waals surface area contributed by atoms with E-state index in [-0.39, 0.29) is 16.8 Å². The number of rotatable bonds is 7. The maximum atomic E-state index is 14.5. The maximum Gasteiger partial charge on any atom is 0.417 e. The Morgan fingerprint density at radius 3 is 2.57 bits per heavy atom. The number of aromatic amines is 1. The van der Waals surface area contributed by atoms with Crippen molar-refractivity contribution < 1.29 is 32.2 Å². The van der Waals surface area contributed by atoms with Gasteiger partial charge in [-0.25, -0.2) is 14.5 Å². The van der Waals surface area contributed by atoms with Crippen LogP contribution >= 0.6 is 0 Å². The van der Waals surface area contributed by atoms with Crippen molar-refractivity contribution in [3.05, 3.63) is 105 Å². The average Bonchev–Trinajstić information content (AvgIpc) is 3.46. The van der Waals surface area contributed by atoms with Gasteiger partial charge in [0.1, 0.15) is 30.3 Å². The quantitative estimate of drug-likeness (QED) is 0.189. The van der Waals surface area contributed by atoms with E-state index in [1.54, 1.807) is 36.0 Å². The standard InChI is InChI=1S/C31H24F4N8O4/c1-30(46,29(45)39-18-6-3-16(12-36)21(11-18)31(33,34)35)13-47-19-7-4-15(5-8-19)25-24(27-37-14-38-43(27)2)26-23-20(28(44)42-41-26)9-17(32)10-22(23)40-25/h3-11,14,24-25,40,46H,13H2,1-2H3,(H,39,45)(H,42,44)/t24-,25-,30+/m1/s1. The van der Waals surface area contributed by atoms with Gasteiger partial charge in [0.2, 0.25) is 0 Å². The molecule has 1 aliphatic heterocycles. The Labute approximate surface area is 262 Å². The second-order valence-corrected chi connectivity index (χ2v) is 11.1. The number of aromatic nitrogens is 5. The molecule has 3 atom stereocenters. The molecule has 12 nitrogen and oxygen atoms in total. The summed E-state index contributed by atoms with van der Waals surface area (Å²) < 4.78 is 61.7. The topological polar surface area (TPSA) is 171 Å². The van der Waals surface area contributed by atoms with Gasteiger partial charge in [0.15, 0.2) is 5.60 Å². The minimum Gasteiger partial charge on any atom is -0.490 e. The second kappa shape index (κ2) is 11.5. The van der Waals surface area contributed by atoms with Crippen LogP contribution in [0.15, 0.2) is 65.7 Å². The van der Waals surface area contributed by atoms with E-state index in [1.165, 1.54) is 18.5 Å². The summed E-state index contributed by atoms with van der Waals surface area (Å²) in [6.07, 6.45) is -3.45. The summed E-state index contributed by atoms with van der Waals surface area (Å²) >= 11 is 0. The number of hydrogen-bond acceptors (Lipinski definition) is 9. The largest absolute Gasteiger partial charge is 0.490 e. The van der Waals surface area contributed by atoms with E-state index in [4.69, 9.17) is 10.00 Å². The number of amides is 1. The van der Waals surface area contributed by atoms with Crippen LogP contribution in [0.4, 0.5) is 28.9 Å². The van der Waals surface area contributed by atoms with Gasteiger partial charge < -0.3 is 20.5 Å². The smallest absolute Gasteiger partial charge is 0.417 e. The fourth-order valence-electron chi connectivity index (χ4n) is 5.45. The highest BCUT2D eigenvalue weighted by atomic mass is 19.4. The third kappa shape index (κ3) is 5.84. The number of nitrogens with one attached hydrogen (secondary N) is 3. The van der Waals surface area contributed by atoms with Gasteiger partial charge in [0, 0.05) is 23.8 Å². The first kappa shape index (κ1) is 31.2. The molecule has 16 heteroatoms. The number of alkyl halides is 3. The van der Waals surface area contributed by atoms with Crippen LogP contribution in [0.25, 0.3) is 10.8 Å². The first-order chi connectivity index (χ1) is 22.3. The number of aryl methyl sites for hydroxylation is 1. The van der Waals surface area contributed by atoms with Crippen LogP contribution in [0.5, 0.6) is 5.75 Å². The maximum absolute atomic E-state index is 14.5. The zero-order valence-corrected chi connectivity index (χ0v) is 24.6. The zero-order valence-electron chi connectivity index (χ0n) is 24.6. The van der Waals surface area contributed by atoms with E-state index in [2.05, 4.69) is 30.9 Å². The minimum absolute atomic E-state index is 0.128. The molecular formula is C31H24F4N8O4. The Balaban J connectivity index is 1.22. The Bertz CT molecular complexity index is 2120. The molecule has 0 saturated heterocycles. The molecule has 0 aliphatic carbocycles. The van der Waals surface area contributed by atoms with Gasteiger partial charge in [0.25, 0.3) is 11.5 Å². The molecule has 4 N–H and O–H groups in total. The molecule has 0 fully saturated rings. The van der Waals surface area contributed by atoms with Crippen molar-refractivity contribution in [1.29, 1.82) is 5.26 Å². The fourth-order valence-corrected chi connectivity index (χ4v) is 5.45. The lowest BCUT2D eigenvalue weighted by Gasteiger charge is -2.33. The van der Waals surface area contributed by atoms with Crippen molar-refractivity contribution in [3.8, 4) is 11.8 Å². The van der Waals surface area contributed by atoms with Crippen molar-refractivity contribution in [2.24, 2.45) is 7.05 Å². The molecular weight excluding hydrogens is 624 g/mol. The molecule has 2 aromatic heterocycles. The molecule has 0 unspecified atom stereocenters. The van der Waals surface area contributed by atoms with Crippen LogP contribution in [-0.4, -0.2) is 48.2 Å². The van der Waals surface area contributed by atoms with Crippen molar-refractivity contribution in [2.75, 3.05) is 17.2 Å². The van der Waals surface area contributed by atoms with E-state index in [0.717, 1.165) is 25.1 Å². The van der Waals surface area contributed by atoms with E-state index in [0.29, 0.717) is 34.2 Å². The number of hydrogen-bond donors (Lipinski definition) is 4. The normalized spacial score (nSPS) is 17.0. The number of aliphatic hydroxyl groups is 1. The second-order valence-electron chi connectivity index (χ2n) is 11.1. The summed E-state index contributed by atoms with van der Waals surface area (Å²) in [5.41, 5.74) is -3.30. The summed E-state index contributed by atoms with van der Waals surface area (Å²) in [7, 11) is 1.71. The number of benzene rings is 3. The van der Waals surface area contributed by atoms with Gasteiger partial charge in [-0.1, -0.05) is 12.1 Å². The summed E-state index contributed by atoms with van der Waals surface area (Å²) in [4.78, 5) is 29.7. The fraction of sp³-hybridized carbons (Fsp3) is 0.226. The number of carbonyl (C=O) groups is 1.